The highest BCUT2D eigenvalue weighted by Gasteiger charge is 2.40. The quantitative estimate of drug-likeness (QED) is 0.560. The van der Waals surface area contributed by atoms with Crippen LogP contribution in [-0.2, 0) is 4.65 Å². The van der Waals surface area contributed by atoms with E-state index in [0.717, 1.165) is 12.1 Å². The van der Waals surface area contributed by atoms with Crippen LogP contribution in [0, 0.1) is 11.6 Å². The highest BCUT2D eigenvalue weighted by Crippen LogP contribution is 2.25. The first kappa shape index (κ1) is 15.9. The molecule has 0 spiro atoms. The first-order chi connectivity index (χ1) is 8.45. The minimum absolute atomic E-state index is 0.352. The normalized spacial score (nSPS) is 12.6. The monoisotopic (exact) mass is 273 g/mol. The third-order valence-electron chi connectivity index (χ3n) is 3.26. The van der Waals surface area contributed by atoms with Crippen LogP contribution in [0.1, 0.15) is 27.7 Å². The van der Waals surface area contributed by atoms with E-state index < -0.39 is 30.0 Å². The lowest BCUT2D eigenvalue weighted by molar-refractivity contribution is -0.0983. The molecule has 1 rings (SSSR count). The standard InChI is InChI=1S/C12H18BF2NO3/c1-11(2,17)12(3,4)19-13(18)7-5-9(15)10(16)6-8(7)14/h5-6,17-18H,16H2,1-4H3. The van der Waals surface area contributed by atoms with Gasteiger partial charge in [-0.1, -0.05) is 0 Å². The molecule has 0 saturated carbocycles. The van der Waals surface area contributed by atoms with Gasteiger partial charge in [-0.15, -0.1) is 0 Å². The van der Waals surface area contributed by atoms with Gasteiger partial charge in [-0.3, -0.25) is 0 Å². The summed E-state index contributed by atoms with van der Waals surface area (Å²) >= 11 is 0. The van der Waals surface area contributed by atoms with E-state index in [2.05, 4.69) is 0 Å². The molecule has 0 atom stereocenters. The Labute approximate surface area is 111 Å². The molecule has 1 aromatic rings. The minimum atomic E-state index is -1.71. The molecule has 4 nitrogen and oxygen atoms in total. The van der Waals surface area contributed by atoms with Crippen molar-refractivity contribution in [3.8, 4) is 0 Å². The maximum absolute atomic E-state index is 13.6. The predicted molar refractivity (Wildman–Crippen MR) is 69.8 cm³/mol. The molecule has 19 heavy (non-hydrogen) atoms. The zero-order chi connectivity index (χ0) is 15.0. The summed E-state index contributed by atoms with van der Waals surface area (Å²) in [6.45, 7) is 6.03. The lowest BCUT2D eigenvalue weighted by Gasteiger charge is -2.38. The van der Waals surface area contributed by atoms with Crippen molar-refractivity contribution in [2.24, 2.45) is 0 Å². The maximum atomic E-state index is 13.6. The predicted octanol–water partition coefficient (Wildman–Crippen LogP) is 0.801. The molecule has 0 saturated heterocycles. The van der Waals surface area contributed by atoms with Gasteiger partial charge in [-0.05, 0) is 39.8 Å². The fraction of sp³-hybridized carbons (Fsp3) is 0.500. The van der Waals surface area contributed by atoms with Gasteiger partial charge < -0.3 is 20.5 Å². The van der Waals surface area contributed by atoms with Gasteiger partial charge in [0.15, 0.2) is 0 Å². The van der Waals surface area contributed by atoms with Crippen molar-refractivity contribution < 1.29 is 23.6 Å². The van der Waals surface area contributed by atoms with Crippen molar-refractivity contribution in [2.75, 3.05) is 5.73 Å². The fourth-order valence-electron chi connectivity index (χ4n) is 1.25. The molecule has 0 heterocycles. The molecule has 0 aliphatic carbocycles. The van der Waals surface area contributed by atoms with E-state index in [0.29, 0.717) is 0 Å². The van der Waals surface area contributed by atoms with Gasteiger partial charge >= 0.3 is 7.12 Å². The molecule has 0 bridgehead atoms. The summed E-state index contributed by atoms with van der Waals surface area (Å²) in [5.41, 5.74) is 2.03. The van der Waals surface area contributed by atoms with Crippen LogP contribution >= 0.6 is 0 Å². The van der Waals surface area contributed by atoms with Gasteiger partial charge in [0, 0.05) is 5.46 Å². The van der Waals surface area contributed by atoms with E-state index in [1.165, 1.54) is 27.7 Å². The van der Waals surface area contributed by atoms with Gasteiger partial charge in [0.25, 0.3) is 0 Å². The molecule has 0 aliphatic rings. The summed E-state index contributed by atoms with van der Waals surface area (Å²) in [5, 5.41) is 19.7. The summed E-state index contributed by atoms with van der Waals surface area (Å²) in [6, 6.07) is 1.55. The van der Waals surface area contributed by atoms with Crippen molar-refractivity contribution in [3.05, 3.63) is 23.8 Å². The van der Waals surface area contributed by atoms with E-state index in [1.807, 2.05) is 0 Å². The summed E-state index contributed by atoms with van der Waals surface area (Å²) in [5.74, 6) is -1.72. The topological polar surface area (TPSA) is 75.7 Å². The van der Waals surface area contributed by atoms with Crippen LogP contribution in [0.4, 0.5) is 14.5 Å². The van der Waals surface area contributed by atoms with Crippen LogP contribution in [0.3, 0.4) is 0 Å². The zero-order valence-corrected chi connectivity index (χ0v) is 11.4. The molecule has 0 fully saturated rings. The van der Waals surface area contributed by atoms with E-state index in [1.54, 1.807) is 0 Å². The van der Waals surface area contributed by atoms with Crippen LogP contribution in [0.15, 0.2) is 12.1 Å². The van der Waals surface area contributed by atoms with Crippen molar-refractivity contribution >= 4 is 18.3 Å². The van der Waals surface area contributed by atoms with Crippen LogP contribution in [-0.4, -0.2) is 28.5 Å². The Hall–Kier alpha value is -1.18. The third kappa shape index (κ3) is 3.43. The maximum Gasteiger partial charge on any atom is 0.494 e. The van der Waals surface area contributed by atoms with E-state index in [4.69, 9.17) is 10.4 Å². The Morgan fingerprint density at radius 2 is 1.68 bits per heavy atom. The Kier molecular flexibility index (Phi) is 4.24. The largest absolute Gasteiger partial charge is 0.494 e. The van der Waals surface area contributed by atoms with Gasteiger partial charge in [0.2, 0.25) is 0 Å². The van der Waals surface area contributed by atoms with Gasteiger partial charge in [-0.25, -0.2) is 8.78 Å². The number of nitrogens with two attached hydrogens (primary N) is 1. The summed E-state index contributed by atoms with van der Waals surface area (Å²) in [6.07, 6.45) is 0. The number of benzene rings is 1. The molecule has 0 amide bonds. The smallest absolute Gasteiger partial charge is 0.423 e. The summed E-state index contributed by atoms with van der Waals surface area (Å²) in [4.78, 5) is 0. The molecule has 4 N–H and O–H groups in total. The fourth-order valence-corrected chi connectivity index (χ4v) is 1.25. The average molecular weight is 273 g/mol. The second-order valence-corrected chi connectivity index (χ2v) is 5.43. The van der Waals surface area contributed by atoms with E-state index in [9.17, 15) is 18.9 Å². The van der Waals surface area contributed by atoms with E-state index >= 15 is 0 Å². The molecule has 0 aromatic heterocycles. The van der Waals surface area contributed by atoms with Gasteiger partial charge in [-0.2, -0.15) is 0 Å². The molecule has 106 valence electrons. The van der Waals surface area contributed by atoms with Crippen LogP contribution in [0.5, 0.6) is 0 Å². The minimum Gasteiger partial charge on any atom is -0.423 e. The van der Waals surface area contributed by atoms with Crippen LogP contribution in [0.25, 0.3) is 0 Å². The number of halogens is 2. The summed E-state index contributed by atoms with van der Waals surface area (Å²) < 4.78 is 32.1. The Balaban J connectivity index is 3.03. The molecule has 0 unspecified atom stereocenters. The SMILES string of the molecule is CC(C)(O)C(C)(C)OB(O)c1cc(F)c(N)cc1F. The van der Waals surface area contributed by atoms with Crippen molar-refractivity contribution in [1.82, 2.24) is 0 Å². The number of hydrogen-bond acceptors (Lipinski definition) is 4. The van der Waals surface area contributed by atoms with E-state index in [-0.39, 0.29) is 11.2 Å². The Morgan fingerprint density at radius 3 is 2.16 bits per heavy atom. The Morgan fingerprint density at radius 1 is 1.16 bits per heavy atom. The number of rotatable bonds is 4. The zero-order valence-electron chi connectivity index (χ0n) is 11.4. The second-order valence-electron chi connectivity index (χ2n) is 5.43. The molecule has 7 heteroatoms. The Bertz CT molecular complexity index is 475. The molecule has 0 aliphatic heterocycles. The lowest BCUT2D eigenvalue weighted by Crippen LogP contribution is -2.53. The first-order valence-corrected chi connectivity index (χ1v) is 5.78. The van der Waals surface area contributed by atoms with Crippen molar-refractivity contribution in [3.63, 3.8) is 0 Å². The summed E-state index contributed by atoms with van der Waals surface area (Å²) in [7, 11) is -1.71. The number of nitrogen functional groups attached to an aromatic ring is 1. The second kappa shape index (κ2) is 5.07. The molecular formula is C12H18BF2NO3. The highest BCUT2D eigenvalue weighted by atomic mass is 19.1. The van der Waals surface area contributed by atoms with Gasteiger partial charge in [0.05, 0.1) is 16.9 Å². The van der Waals surface area contributed by atoms with Crippen molar-refractivity contribution in [2.45, 2.75) is 38.9 Å². The van der Waals surface area contributed by atoms with Crippen LogP contribution in [0.2, 0.25) is 0 Å². The molecule has 1 aromatic carbocycles. The first-order valence-electron chi connectivity index (χ1n) is 5.78. The number of anilines is 1. The molecular weight excluding hydrogens is 255 g/mol. The van der Waals surface area contributed by atoms with Gasteiger partial charge in [0.1, 0.15) is 11.6 Å². The third-order valence-corrected chi connectivity index (χ3v) is 3.26. The number of hydrogen-bond donors (Lipinski definition) is 3. The number of aliphatic hydroxyl groups is 1. The van der Waals surface area contributed by atoms with Crippen molar-refractivity contribution in [1.29, 1.82) is 0 Å². The van der Waals surface area contributed by atoms with Crippen LogP contribution < -0.4 is 11.2 Å². The lowest BCUT2D eigenvalue weighted by atomic mass is 9.76. The highest BCUT2D eigenvalue weighted by molar-refractivity contribution is 6.60. The molecule has 0 radical (unpaired) electrons. The average Bonchev–Trinajstić information content (AvgIpc) is 2.20.